The van der Waals surface area contributed by atoms with E-state index in [-0.39, 0.29) is 22.8 Å². The van der Waals surface area contributed by atoms with Gasteiger partial charge in [-0.25, -0.2) is 9.97 Å². The minimum atomic E-state index is -1.67. The number of aliphatic hydroxyl groups is 4. The predicted octanol–water partition coefficient (Wildman–Crippen LogP) is -2.96. The minimum absolute atomic E-state index is 0.0144. The number of aliphatic hydroxyl groups excluding tert-OH is 4. The number of rotatable bonds is 4. The van der Waals surface area contributed by atoms with E-state index in [0.717, 1.165) is 6.20 Å². The summed E-state index contributed by atoms with van der Waals surface area (Å²) < 4.78 is 0. The summed E-state index contributed by atoms with van der Waals surface area (Å²) >= 11 is 0. The zero-order valence-electron chi connectivity index (χ0n) is 10.1. The van der Waals surface area contributed by atoms with Gasteiger partial charge in [-0.05, 0) is 0 Å². The molecule has 0 aliphatic rings. The van der Waals surface area contributed by atoms with Gasteiger partial charge in [-0.2, -0.15) is 4.98 Å². The van der Waals surface area contributed by atoms with Crippen LogP contribution >= 0.6 is 0 Å². The van der Waals surface area contributed by atoms with Crippen molar-refractivity contribution >= 4 is 17.1 Å². The lowest BCUT2D eigenvalue weighted by Crippen LogP contribution is -2.35. The highest BCUT2D eigenvalue weighted by atomic mass is 16.4. The van der Waals surface area contributed by atoms with E-state index in [1.807, 2.05) is 0 Å². The van der Waals surface area contributed by atoms with Gasteiger partial charge in [0.2, 0.25) is 5.95 Å². The molecule has 0 saturated heterocycles. The molecule has 0 aromatic carbocycles. The molecule has 0 amide bonds. The molecule has 0 unspecified atom stereocenters. The molecular formula is C10H13N5O5. The van der Waals surface area contributed by atoms with Crippen LogP contribution in [-0.2, 0) is 0 Å². The SMILES string of the molecule is Nc1nc2ncc([C@H](O)[C@@H](O)[C@@H](O)CO)nc2c(=O)[nH]1. The molecule has 0 aliphatic heterocycles. The smallest absolute Gasteiger partial charge is 0.280 e. The summed E-state index contributed by atoms with van der Waals surface area (Å²) in [5, 5.41) is 37.4. The molecular weight excluding hydrogens is 270 g/mol. The van der Waals surface area contributed by atoms with Crippen LogP contribution in [0.1, 0.15) is 11.8 Å². The van der Waals surface area contributed by atoms with Crippen molar-refractivity contribution in [1.29, 1.82) is 0 Å². The van der Waals surface area contributed by atoms with Crippen molar-refractivity contribution in [2.75, 3.05) is 12.3 Å². The number of nitrogen functional groups attached to an aromatic ring is 1. The molecule has 3 atom stereocenters. The Morgan fingerprint density at radius 1 is 1.30 bits per heavy atom. The zero-order valence-corrected chi connectivity index (χ0v) is 10.1. The standard InChI is InChI=1S/C10H13N5O5/c11-10-14-8-5(9(20)15-10)13-3(1-12-8)6(18)7(19)4(17)2-16/h1,4,6-7,16-19H,2H2,(H3,11,12,14,15,20)/t4-,6-,7-/m0/s1. The molecule has 0 aliphatic carbocycles. The fourth-order valence-electron chi connectivity index (χ4n) is 1.58. The summed E-state index contributed by atoms with van der Waals surface area (Å²) in [5.74, 6) is -0.124. The van der Waals surface area contributed by atoms with Gasteiger partial charge in [0.05, 0.1) is 18.5 Å². The van der Waals surface area contributed by atoms with Gasteiger partial charge in [0.1, 0.15) is 18.3 Å². The number of anilines is 1. The number of aromatic amines is 1. The molecule has 2 heterocycles. The quantitative estimate of drug-likeness (QED) is 0.342. The molecule has 10 nitrogen and oxygen atoms in total. The van der Waals surface area contributed by atoms with Crippen LogP contribution in [0, 0.1) is 0 Å². The van der Waals surface area contributed by atoms with Crippen LogP contribution < -0.4 is 11.3 Å². The number of nitrogens with two attached hydrogens (primary N) is 1. The van der Waals surface area contributed by atoms with E-state index < -0.39 is 30.5 Å². The summed E-state index contributed by atoms with van der Waals surface area (Å²) in [5.41, 5.74) is 4.37. The topological polar surface area (TPSA) is 178 Å². The molecule has 2 aromatic heterocycles. The first-order chi connectivity index (χ1) is 9.43. The van der Waals surface area contributed by atoms with E-state index in [1.165, 1.54) is 0 Å². The Balaban J connectivity index is 2.44. The van der Waals surface area contributed by atoms with E-state index in [0.29, 0.717) is 0 Å². The average Bonchev–Trinajstić information content (AvgIpc) is 2.44. The van der Waals surface area contributed by atoms with E-state index in [4.69, 9.17) is 10.8 Å². The largest absolute Gasteiger partial charge is 0.394 e. The lowest BCUT2D eigenvalue weighted by Gasteiger charge is -2.20. The van der Waals surface area contributed by atoms with Crippen LogP contribution in [0.4, 0.5) is 5.95 Å². The maximum atomic E-state index is 11.6. The Morgan fingerprint density at radius 2 is 2.00 bits per heavy atom. The van der Waals surface area contributed by atoms with Crippen molar-refractivity contribution in [3.63, 3.8) is 0 Å². The summed E-state index contributed by atoms with van der Waals surface area (Å²) in [6, 6.07) is 0. The van der Waals surface area contributed by atoms with Crippen LogP contribution in [-0.4, -0.2) is 59.2 Å². The Bertz CT molecular complexity index is 675. The van der Waals surface area contributed by atoms with Gasteiger partial charge in [0.25, 0.3) is 5.56 Å². The molecule has 108 valence electrons. The number of H-pyrrole nitrogens is 1. The van der Waals surface area contributed by atoms with Crippen molar-refractivity contribution in [2.24, 2.45) is 0 Å². The highest BCUT2D eigenvalue weighted by Gasteiger charge is 2.27. The third kappa shape index (κ3) is 2.58. The Labute approximate surface area is 111 Å². The Morgan fingerprint density at radius 3 is 2.65 bits per heavy atom. The van der Waals surface area contributed by atoms with Gasteiger partial charge in [-0.3, -0.25) is 9.78 Å². The van der Waals surface area contributed by atoms with Crippen molar-refractivity contribution in [1.82, 2.24) is 19.9 Å². The lowest BCUT2D eigenvalue weighted by molar-refractivity contribution is -0.0789. The number of hydrogen-bond acceptors (Lipinski definition) is 9. The first-order valence-corrected chi connectivity index (χ1v) is 5.61. The molecule has 2 aromatic rings. The molecule has 20 heavy (non-hydrogen) atoms. The van der Waals surface area contributed by atoms with Crippen LogP contribution in [0.3, 0.4) is 0 Å². The fraction of sp³-hybridized carbons (Fsp3) is 0.400. The monoisotopic (exact) mass is 283 g/mol. The summed E-state index contributed by atoms with van der Waals surface area (Å²) in [6.07, 6.45) is -3.75. The number of fused-ring (bicyclic) bond motifs is 1. The lowest BCUT2D eigenvalue weighted by atomic mass is 10.1. The van der Waals surface area contributed by atoms with E-state index in [9.17, 15) is 20.1 Å². The summed E-state index contributed by atoms with van der Waals surface area (Å²) in [7, 11) is 0. The highest BCUT2D eigenvalue weighted by Crippen LogP contribution is 2.17. The molecule has 0 radical (unpaired) electrons. The predicted molar refractivity (Wildman–Crippen MR) is 66.4 cm³/mol. The normalized spacial score (nSPS) is 16.0. The van der Waals surface area contributed by atoms with E-state index in [1.54, 1.807) is 0 Å². The highest BCUT2D eigenvalue weighted by molar-refractivity contribution is 5.69. The maximum absolute atomic E-state index is 11.6. The van der Waals surface area contributed by atoms with Crippen molar-refractivity contribution in [3.05, 3.63) is 22.2 Å². The van der Waals surface area contributed by atoms with Crippen molar-refractivity contribution < 1.29 is 20.4 Å². The van der Waals surface area contributed by atoms with Gasteiger partial charge in [-0.15, -0.1) is 0 Å². The van der Waals surface area contributed by atoms with E-state index >= 15 is 0 Å². The number of hydrogen-bond donors (Lipinski definition) is 6. The second-order valence-electron chi connectivity index (χ2n) is 4.10. The van der Waals surface area contributed by atoms with Crippen molar-refractivity contribution in [3.8, 4) is 0 Å². The Hall–Kier alpha value is -2.14. The first-order valence-electron chi connectivity index (χ1n) is 5.61. The minimum Gasteiger partial charge on any atom is -0.394 e. The van der Waals surface area contributed by atoms with Crippen LogP contribution in [0.15, 0.2) is 11.0 Å². The van der Waals surface area contributed by atoms with Crippen LogP contribution in [0.25, 0.3) is 11.2 Å². The third-order valence-electron chi connectivity index (χ3n) is 2.66. The molecule has 0 fully saturated rings. The number of nitrogens with one attached hydrogen (secondary N) is 1. The molecule has 0 spiro atoms. The maximum Gasteiger partial charge on any atom is 0.280 e. The van der Waals surface area contributed by atoms with E-state index in [2.05, 4.69) is 19.9 Å². The second kappa shape index (κ2) is 5.46. The van der Waals surface area contributed by atoms with Gasteiger partial charge in [-0.1, -0.05) is 0 Å². The number of nitrogens with zero attached hydrogens (tertiary/aromatic N) is 3. The third-order valence-corrected chi connectivity index (χ3v) is 2.66. The van der Waals surface area contributed by atoms with Gasteiger partial charge in [0, 0.05) is 0 Å². The van der Waals surface area contributed by atoms with Gasteiger partial charge < -0.3 is 26.2 Å². The van der Waals surface area contributed by atoms with Crippen molar-refractivity contribution in [2.45, 2.75) is 18.3 Å². The molecule has 0 saturated carbocycles. The average molecular weight is 283 g/mol. The second-order valence-corrected chi connectivity index (χ2v) is 4.10. The van der Waals surface area contributed by atoms with Crippen LogP contribution in [0.5, 0.6) is 0 Å². The Kier molecular flexibility index (Phi) is 3.90. The van der Waals surface area contributed by atoms with Gasteiger partial charge in [0.15, 0.2) is 11.2 Å². The van der Waals surface area contributed by atoms with Crippen LogP contribution in [0.2, 0.25) is 0 Å². The first kappa shape index (κ1) is 14.3. The summed E-state index contributed by atoms with van der Waals surface area (Å²) in [4.78, 5) is 25.2. The summed E-state index contributed by atoms with van der Waals surface area (Å²) in [6.45, 7) is -0.738. The zero-order chi connectivity index (χ0) is 14.9. The van der Waals surface area contributed by atoms with Gasteiger partial charge >= 0.3 is 0 Å². The fourth-order valence-corrected chi connectivity index (χ4v) is 1.58. The molecule has 10 heteroatoms. The molecule has 0 bridgehead atoms. The molecule has 2 rings (SSSR count). The number of aromatic nitrogens is 4. The molecule has 7 N–H and O–H groups in total.